The van der Waals surface area contributed by atoms with E-state index in [4.69, 9.17) is 9.47 Å². The molecule has 0 atom stereocenters. The molecule has 0 bridgehead atoms. The molecule has 1 saturated heterocycles. The minimum atomic E-state index is -0.123. The van der Waals surface area contributed by atoms with Crippen LogP contribution in [-0.2, 0) is 10.2 Å². The third-order valence-electron chi connectivity index (χ3n) is 6.28. The van der Waals surface area contributed by atoms with Crippen LogP contribution in [0.5, 0.6) is 5.75 Å². The van der Waals surface area contributed by atoms with Gasteiger partial charge in [-0.1, -0.05) is 18.2 Å². The van der Waals surface area contributed by atoms with Gasteiger partial charge in [0.25, 0.3) is 5.91 Å². The first-order valence-corrected chi connectivity index (χ1v) is 10.6. The van der Waals surface area contributed by atoms with Crippen LogP contribution < -0.4 is 10.1 Å². The van der Waals surface area contributed by atoms with E-state index in [1.807, 2.05) is 30.3 Å². The standard InChI is InChI=1S/C25H30N2O3/c1-18(2)27-13-10-19-4-5-20(16-23(19)27)24(28)26-17-25(11-14-30-15-12-25)21-6-8-22(29-3)9-7-21/h4-10,13,16,18H,11-12,14-15,17H2,1-3H3,(H,26,28). The van der Waals surface area contributed by atoms with E-state index < -0.39 is 0 Å². The van der Waals surface area contributed by atoms with Crippen molar-refractivity contribution in [3.05, 3.63) is 65.9 Å². The zero-order valence-electron chi connectivity index (χ0n) is 18.0. The average molecular weight is 407 g/mol. The lowest BCUT2D eigenvalue weighted by molar-refractivity contribution is 0.0487. The molecule has 30 heavy (non-hydrogen) atoms. The first kappa shape index (κ1) is 20.5. The van der Waals surface area contributed by atoms with Gasteiger partial charge >= 0.3 is 0 Å². The van der Waals surface area contributed by atoms with E-state index in [2.05, 4.69) is 48.1 Å². The monoisotopic (exact) mass is 406 g/mol. The third-order valence-corrected chi connectivity index (χ3v) is 6.28. The highest BCUT2D eigenvalue weighted by molar-refractivity contribution is 5.98. The Hall–Kier alpha value is -2.79. The van der Waals surface area contributed by atoms with E-state index in [-0.39, 0.29) is 11.3 Å². The van der Waals surface area contributed by atoms with Gasteiger partial charge in [-0.25, -0.2) is 0 Å². The Kier molecular flexibility index (Phi) is 5.82. The lowest BCUT2D eigenvalue weighted by atomic mass is 9.74. The second kappa shape index (κ2) is 8.52. The molecule has 1 aliphatic rings. The Bertz CT molecular complexity index is 1010. The molecule has 0 spiro atoms. The minimum Gasteiger partial charge on any atom is -0.497 e. The van der Waals surface area contributed by atoms with E-state index in [0.29, 0.717) is 31.4 Å². The summed E-state index contributed by atoms with van der Waals surface area (Å²) in [5.41, 5.74) is 2.88. The van der Waals surface area contributed by atoms with Crippen molar-refractivity contribution in [2.45, 2.75) is 38.1 Å². The fraction of sp³-hybridized carbons (Fsp3) is 0.400. The first-order valence-electron chi connectivity index (χ1n) is 10.6. The van der Waals surface area contributed by atoms with Crippen molar-refractivity contribution in [2.24, 2.45) is 0 Å². The summed E-state index contributed by atoms with van der Waals surface area (Å²) in [6, 6.07) is 16.6. The van der Waals surface area contributed by atoms with Crippen LogP contribution in [0.2, 0.25) is 0 Å². The molecule has 2 aromatic carbocycles. The van der Waals surface area contributed by atoms with Crippen molar-refractivity contribution in [3.63, 3.8) is 0 Å². The SMILES string of the molecule is COc1ccc(C2(CNC(=O)c3ccc4ccn(C(C)C)c4c3)CCOCC2)cc1. The molecule has 3 aromatic rings. The van der Waals surface area contributed by atoms with Gasteiger partial charge in [-0.2, -0.15) is 0 Å². The van der Waals surface area contributed by atoms with Gasteiger partial charge in [0, 0.05) is 48.5 Å². The molecule has 1 aliphatic heterocycles. The van der Waals surface area contributed by atoms with Crippen LogP contribution >= 0.6 is 0 Å². The molecule has 0 aliphatic carbocycles. The summed E-state index contributed by atoms with van der Waals surface area (Å²) in [6.45, 7) is 6.29. The summed E-state index contributed by atoms with van der Waals surface area (Å²) in [7, 11) is 1.67. The van der Waals surface area contributed by atoms with E-state index in [9.17, 15) is 4.79 Å². The number of hydrogen-bond donors (Lipinski definition) is 1. The Balaban J connectivity index is 1.55. The number of ether oxygens (including phenoxy) is 2. The van der Waals surface area contributed by atoms with Gasteiger partial charge in [0.15, 0.2) is 0 Å². The lowest BCUT2D eigenvalue weighted by Crippen LogP contribution is -2.44. The van der Waals surface area contributed by atoms with Gasteiger partial charge in [-0.3, -0.25) is 4.79 Å². The Labute approximate surface area is 178 Å². The molecule has 1 aromatic heterocycles. The average Bonchev–Trinajstić information content (AvgIpc) is 3.22. The minimum absolute atomic E-state index is 0.0345. The quantitative estimate of drug-likeness (QED) is 0.645. The molecule has 5 nitrogen and oxygen atoms in total. The van der Waals surface area contributed by atoms with Gasteiger partial charge in [-0.05, 0) is 68.0 Å². The molecule has 158 valence electrons. The van der Waals surface area contributed by atoms with Crippen LogP contribution in [0.3, 0.4) is 0 Å². The van der Waals surface area contributed by atoms with Crippen LogP contribution in [0, 0.1) is 0 Å². The molecule has 1 N–H and O–H groups in total. The van der Waals surface area contributed by atoms with Crippen molar-refractivity contribution < 1.29 is 14.3 Å². The number of carbonyl (C=O) groups excluding carboxylic acids is 1. The molecule has 2 heterocycles. The zero-order chi connectivity index (χ0) is 21.1. The fourth-order valence-corrected chi connectivity index (χ4v) is 4.37. The number of fused-ring (bicyclic) bond motifs is 1. The Morgan fingerprint density at radius 3 is 2.53 bits per heavy atom. The highest BCUT2D eigenvalue weighted by atomic mass is 16.5. The van der Waals surface area contributed by atoms with E-state index in [1.165, 1.54) is 5.56 Å². The first-order chi connectivity index (χ1) is 14.5. The summed E-state index contributed by atoms with van der Waals surface area (Å²) < 4.78 is 13.1. The highest BCUT2D eigenvalue weighted by Gasteiger charge is 2.35. The molecule has 0 unspecified atom stereocenters. The number of nitrogens with one attached hydrogen (secondary N) is 1. The van der Waals surface area contributed by atoms with Gasteiger partial charge in [0.05, 0.1) is 7.11 Å². The maximum absolute atomic E-state index is 13.0. The molecular weight excluding hydrogens is 376 g/mol. The van der Waals surface area contributed by atoms with Crippen molar-refractivity contribution in [1.29, 1.82) is 0 Å². The maximum Gasteiger partial charge on any atom is 0.251 e. The molecule has 1 fully saturated rings. The predicted octanol–water partition coefficient (Wildman–Crippen LogP) is 4.71. The van der Waals surface area contributed by atoms with Crippen molar-refractivity contribution in [2.75, 3.05) is 26.9 Å². The van der Waals surface area contributed by atoms with Crippen molar-refractivity contribution in [1.82, 2.24) is 9.88 Å². The van der Waals surface area contributed by atoms with Gasteiger partial charge in [-0.15, -0.1) is 0 Å². The van der Waals surface area contributed by atoms with Crippen molar-refractivity contribution in [3.8, 4) is 5.75 Å². The third kappa shape index (κ3) is 3.94. The number of nitrogens with zero attached hydrogens (tertiary/aromatic N) is 1. The second-order valence-corrected chi connectivity index (χ2v) is 8.39. The smallest absolute Gasteiger partial charge is 0.251 e. The highest BCUT2D eigenvalue weighted by Crippen LogP contribution is 2.35. The van der Waals surface area contributed by atoms with Crippen LogP contribution in [0.4, 0.5) is 0 Å². The van der Waals surface area contributed by atoms with Crippen LogP contribution in [-0.4, -0.2) is 37.3 Å². The summed E-state index contributed by atoms with van der Waals surface area (Å²) >= 11 is 0. The van der Waals surface area contributed by atoms with E-state index >= 15 is 0 Å². The number of hydrogen-bond acceptors (Lipinski definition) is 3. The lowest BCUT2D eigenvalue weighted by Gasteiger charge is -2.38. The Morgan fingerprint density at radius 1 is 1.13 bits per heavy atom. The molecule has 1 amide bonds. The van der Waals surface area contributed by atoms with E-state index in [1.54, 1.807) is 7.11 Å². The molecule has 5 heteroatoms. The molecule has 4 rings (SSSR count). The van der Waals surface area contributed by atoms with Gasteiger partial charge in [0.1, 0.15) is 5.75 Å². The number of amides is 1. The number of benzene rings is 2. The number of aromatic nitrogens is 1. The second-order valence-electron chi connectivity index (χ2n) is 8.39. The summed E-state index contributed by atoms with van der Waals surface area (Å²) in [5.74, 6) is 0.805. The summed E-state index contributed by atoms with van der Waals surface area (Å²) in [4.78, 5) is 13.0. The number of rotatable bonds is 6. The molecule has 0 radical (unpaired) electrons. The molecular formula is C25H30N2O3. The van der Waals surface area contributed by atoms with Crippen LogP contribution in [0.25, 0.3) is 10.9 Å². The predicted molar refractivity (Wildman–Crippen MR) is 119 cm³/mol. The van der Waals surface area contributed by atoms with Gasteiger partial charge in [0.2, 0.25) is 0 Å². The Morgan fingerprint density at radius 2 is 1.87 bits per heavy atom. The number of methoxy groups -OCH3 is 1. The van der Waals surface area contributed by atoms with Crippen molar-refractivity contribution >= 4 is 16.8 Å². The van der Waals surface area contributed by atoms with E-state index in [0.717, 1.165) is 29.5 Å². The normalized spacial score (nSPS) is 16.0. The largest absolute Gasteiger partial charge is 0.497 e. The van der Waals surface area contributed by atoms with Crippen LogP contribution in [0.15, 0.2) is 54.7 Å². The fourth-order valence-electron chi connectivity index (χ4n) is 4.37. The summed E-state index contributed by atoms with van der Waals surface area (Å²) in [6.07, 6.45) is 3.85. The maximum atomic E-state index is 13.0. The zero-order valence-corrected chi connectivity index (χ0v) is 18.0. The van der Waals surface area contributed by atoms with Crippen LogP contribution in [0.1, 0.15) is 48.7 Å². The molecule has 0 saturated carbocycles. The topological polar surface area (TPSA) is 52.5 Å². The van der Waals surface area contributed by atoms with Gasteiger partial charge < -0.3 is 19.4 Å². The summed E-state index contributed by atoms with van der Waals surface area (Å²) in [5, 5.41) is 4.36. The number of carbonyl (C=O) groups is 1.